The first-order valence-corrected chi connectivity index (χ1v) is 16.1. The summed E-state index contributed by atoms with van der Waals surface area (Å²) in [5, 5.41) is 18.4. The first kappa shape index (κ1) is 31.8. The molecule has 1 aromatic carbocycles. The van der Waals surface area contributed by atoms with E-state index in [1.165, 1.54) is 12.3 Å². The molecule has 2 N–H and O–H groups in total. The van der Waals surface area contributed by atoms with Crippen LogP contribution in [0.3, 0.4) is 0 Å². The third kappa shape index (κ3) is 6.52. The second kappa shape index (κ2) is 13.8. The summed E-state index contributed by atoms with van der Waals surface area (Å²) in [6, 6.07) is 14.1. The number of pyridine rings is 2. The fourth-order valence-electron chi connectivity index (χ4n) is 6.50. The van der Waals surface area contributed by atoms with E-state index in [9.17, 15) is 9.18 Å². The maximum Gasteiger partial charge on any atom is 0.320 e. The van der Waals surface area contributed by atoms with Crippen molar-refractivity contribution in [1.82, 2.24) is 44.8 Å². The molecule has 5 aromatic rings. The van der Waals surface area contributed by atoms with Gasteiger partial charge in [0.25, 0.3) is 0 Å². The number of para-hydroxylation sites is 1. The summed E-state index contributed by atoms with van der Waals surface area (Å²) in [4.78, 5) is 30.6. The lowest BCUT2D eigenvalue weighted by Crippen LogP contribution is -2.42. The summed E-state index contributed by atoms with van der Waals surface area (Å²) >= 11 is 0. The number of carbonyl (C=O) groups is 1. The van der Waals surface area contributed by atoms with Crippen LogP contribution in [0, 0.1) is 12.9 Å². The number of hydrogen-bond acceptors (Lipinski definition) is 9. The number of aromatic nitrogens is 6. The third-order valence-electron chi connectivity index (χ3n) is 9.06. The topological polar surface area (TPSA) is 127 Å². The predicted octanol–water partition coefficient (Wildman–Crippen LogP) is 4.52. The van der Waals surface area contributed by atoms with E-state index in [0.717, 1.165) is 53.8 Å². The van der Waals surface area contributed by atoms with Gasteiger partial charge < -0.3 is 15.0 Å². The minimum Gasteiger partial charge on any atom is -0.383 e. The molecule has 4 aromatic heterocycles. The molecule has 48 heavy (non-hydrogen) atoms. The largest absolute Gasteiger partial charge is 0.383 e. The van der Waals surface area contributed by atoms with Gasteiger partial charge in [-0.2, -0.15) is 19.7 Å². The number of benzene rings is 1. The van der Waals surface area contributed by atoms with Crippen LogP contribution in [0.1, 0.15) is 36.1 Å². The molecule has 7 rings (SSSR count). The Morgan fingerprint density at radius 2 is 1.92 bits per heavy atom. The summed E-state index contributed by atoms with van der Waals surface area (Å²) in [6.07, 6.45) is 6.53. The van der Waals surface area contributed by atoms with Crippen LogP contribution in [-0.4, -0.2) is 98.5 Å². The van der Waals surface area contributed by atoms with Gasteiger partial charge in [-0.05, 0) is 75.8 Å². The molecule has 0 radical (unpaired) electrons. The number of ether oxygens (including phenoxy) is 1. The van der Waals surface area contributed by atoms with Crippen molar-refractivity contribution < 1.29 is 18.8 Å². The highest BCUT2D eigenvalue weighted by atomic mass is 19.1. The smallest absolute Gasteiger partial charge is 0.320 e. The Morgan fingerprint density at radius 3 is 2.69 bits per heavy atom. The van der Waals surface area contributed by atoms with Gasteiger partial charge in [0.2, 0.25) is 5.95 Å². The fraction of sp³-hybridized carbons (Fsp3) is 0.382. The number of methoxy groups -OCH3 is 1. The Hall–Kier alpha value is -4.76. The number of carbonyl (C=O) groups excluding carboxylic acids is 1. The monoisotopic (exact) mass is 654 g/mol. The zero-order valence-electron chi connectivity index (χ0n) is 27.2. The molecule has 2 aliphatic rings. The summed E-state index contributed by atoms with van der Waals surface area (Å²) in [5.74, 6) is -0.108. The van der Waals surface area contributed by atoms with Crippen molar-refractivity contribution in [2.24, 2.45) is 0 Å². The van der Waals surface area contributed by atoms with Gasteiger partial charge in [0.1, 0.15) is 11.9 Å². The van der Waals surface area contributed by atoms with E-state index >= 15 is 0 Å². The van der Waals surface area contributed by atoms with Gasteiger partial charge in [0.05, 0.1) is 36.3 Å². The average molecular weight is 655 g/mol. The molecule has 0 unspecified atom stereocenters. The summed E-state index contributed by atoms with van der Waals surface area (Å²) in [5.41, 5.74) is 4.49. The summed E-state index contributed by atoms with van der Waals surface area (Å²) in [6.45, 7) is 5.30. The second-order valence-corrected chi connectivity index (χ2v) is 12.4. The van der Waals surface area contributed by atoms with Crippen LogP contribution < -0.4 is 10.6 Å². The molecule has 14 heteroatoms. The van der Waals surface area contributed by atoms with E-state index in [1.54, 1.807) is 22.9 Å². The van der Waals surface area contributed by atoms with Crippen molar-refractivity contribution in [2.75, 3.05) is 52.3 Å². The zero-order valence-corrected chi connectivity index (χ0v) is 27.2. The molecule has 2 aliphatic heterocycles. The van der Waals surface area contributed by atoms with Gasteiger partial charge in [0, 0.05) is 49.1 Å². The molecule has 0 aliphatic carbocycles. The molecular formula is C34H39FN10O3. The van der Waals surface area contributed by atoms with Gasteiger partial charge in [-0.3, -0.25) is 10.2 Å². The highest BCUT2D eigenvalue weighted by Crippen LogP contribution is 2.34. The van der Waals surface area contributed by atoms with E-state index in [-0.39, 0.29) is 0 Å². The van der Waals surface area contributed by atoms with Crippen LogP contribution >= 0.6 is 0 Å². The molecule has 0 spiro atoms. The minimum atomic E-state index is -0.619. The molecule has 2 atom stereocenters. The number of amides is 2. The Kier molecular flexibility index (Phi) is 9.13. The van der Waals surface area contributed by atoms with E-state index in [1.807, 2.05) is 49.6 Å². The maximum atomic E-state index is 14.1. The lowest BCUT2D eigenvalue weighted by molar-refractivity contribution is -0.154. The summed E-state index contributed by atoms with van der Waals surface area (Å²) in [7, 11) is 3.76. The molecule has 2 amide bonds. The van der Waals surface area contributed by atoms with E-state index in [0.29, 0.717) is 42.8 Å². The highest BCUT2D eigenvalue weighted by molar-refractivity contribution is 5.91. The van der Waals surface area contributed by atoms with Crippen molar-refractivity contribution >= 4 is 22.9 Å². The van der Waals surface area contributed by atoms with Crippen molar-refractivity contribution in [3.05, 3.63) is 84.2 Å². The number of urea groups is 1. The number of nitrogens with one attached hydrogen (secondary N) is 2. The summed E-state index contributed by atoms with van der Waals surface area (Å²) < 4.78 is 23.0. The molecule has 2 saturated heterocycles. The lowest BCUT2D eigenvalue weighted by Gasteiger charge is -2.29. The molecule has 6 heterocycles. The van der Waals surface area contributed by atoms with Crippen LogP contribution in [0.5, 0.6) is 0 Å². The number of halogens is 1. The molecule has 0 bridgehead atoms. The predicted molar refractivity (Wildman–Crippen MR) is 178 cm³/mol. The number of hydrogen-bond donors (Lipinski definition) is 2. The first-order chi connectivity index (χ1) is 23.4. The maximum absolute atomic E-state index is 14.1. The fourth-order valence-corrected chi connectivity index (χ4v) is 6.50. The van der Waals surface area contributed by atoms with Crippen molar-refractivity contribution in [3.8, 4) is 16.9 Å². The lowest BCUT2D eigenvalue weighted by atomic mass is 10.0. The number of nitrogens with zero attached hydrogens (tertiary/aromatic N) is 8. The van der Waals surface area contributed by atoms with Crippen molar-refractivity contribution in [1.29, 1.82) is 0 Å². The van der Waals surface area contributed by atoms with Crippen molar-refractivity contribution in [3.63, 3.8) is 0 Å². The average Bonchev–Trinajstić information content (AvgIpc) is 3.80. The van der Waals surface area contributed by atoms with Crippen LogP contribution in [0.4, 0.5) is 15.0 Å². The van der Waals surface area contributed by atoms with Crippen LogP contribution in [-0.2, 0) is 9.57 Å². The number of likely N-dealkylation sites (tertiary alicyclic amines) is 1. The Balaban J connectivity index is 1.17. The van der Waals surface area contributed by atoms with E-state index in [2.05, 4.69) is 38.3 Å². The SMILES string of the molecule is COCCN1C[C@@H](NC(=O)Nc2c(C)c(-c3cnc4c(cnn4C4CCN(C)CC4)c3)nn2-c2ccccc2)[C@H](c2ccnc(F)c2)O1. The second-order valence-electron chi connectivity index (χ2n) is 12.4. The van der Waals surface area contributed by atoms with E-state index < -0.39 is 24.1 Å². The molecule has 250 valence electrons. The van der Waals surface area contributed by atoms with Crippen LogP contribution in [0.25, 0.3) is 28.0 Å². The normalized spacial score (nSPS) is 19.2. The number of hydroxylamine groups is 2. The number of anilines is 1. The molecule has 2 fully saturated rings. The van der Waals surface area contributed by atoms with Crippen molar-refractivity contribution in [2.45, 2.75) is 38.0 Å². The number of rotatable bonds is 9. The van der Waals surface area contributed by atoms with Crippen LogP contribution in [0.2, 0.25) is 0 Å². The van der Waals surface area contributed by atoms with Gasteiger partial charge in [0.15, 0.2) is 5.65 Å². The van der Waals surface area contributed by atoms with Gasteiger partial charge in [-0.15, -0.1) is 0 Å². The molecule has 13 nitrogen and oxygen atoms in total. The van der Waals surface area contributed by atoms with Crippen LogP contribution in [0.15, 0.2) is 67.1 Å². The van der Waals surface area contributed by atoms with Gasteiger partial charge in [-0.1, -0.05) is 18.2 Å². The number of piperidine rings is 1. The van der Waals surface area contributed by atoms with Gasteiger partial charge >= 0.3 is 6.03 Å². The Bertz CT molecular complexity index is 1890. The first-order valence-electron chi connectivity index (χ1n) is 16.1. The minimum absolute atomic E-state index is 0.319. The quantitative estimate of drug-likeness (QED) is 0.221. The third-order valence-corrected chi connectivity index (χ3v) is 9.06. The Morgan fingerprint density at radius 1 is 1.10 bits per heavy atom. The zero-order chi connectivity index (χ0) is 33.2. The molecular weight excluding hydrogens is 615 g/mol. The number of fused-ring (bicyclic) bond motifs is 1. The standard InChI is InChI=1S/C34H39FN10O3/c1-22-30(24-17-25-20-38-44(33(25)37-19-24)27-10-13-42(2)14-11-27)41-45(26-7-5-4-6-8-26)32(22)40-34(46)39-28-21-43(15-16-47-3)48-31(28)23-9-12-36-29(35)18-23/h4-9,12,17-20,27-28,31H,10-11,13-16,21H2,1-3H3,(H2,39,40,46)/t28-,31+/m1/s1. The Labute approximate surface area is 277 Å². The van der Waals surface area contributed by atoms with E-state index in [4.69, 9.17) is 24.8 Å². The van der Waals surface area contributed by atoms with Gasteiger partial charge in [-0.25, -0.2) is 24.1 Å². The highest BCUT2D eigenvalue weighted by Gasteiger charge is 2.37. The molecule has 0 saturated carbocycles.